The van der Waals surface area contributed by atoms with Crippen LogP contribution >= 0.6 is 0 Å². The van der Waals surface area contributed by atoms with Crippen molar-refractivity contribution in [3.8, 4) is 0 Å². The topological polar surface area (TPSA) is 37.3 Å². The Morgan fingerprint density at radius 1 is 1.44 bits per heavy atom. The van der Waals surface area contributed by atoms with Crippen molar-refractivity contribution in [3.05, 3.63) is 48.3 Å². The van der Waals surface area contributed by atoms with E-state index < -0.39 is 11.9 Å². The van der Waals surface area contributed by atoms with Gasteiger partial charge in [0.15, 0.2) is 0 Å². The van der Waals surface area contributed by atoms with Crippen LogP contribution in [-0.2, 0) is 4.79 Å². The number of hydrogen-bond acceptors (Lipinski definition) is 1. The van der Waals surface area contributed by atoms with Crippen LogP contribution in [0, 0.1) is 5.82 Å². The molecule has 0 fully saturated rings. The highest BCUT2D eigenvalue weighted by Gasteiger charge is 2.18. The summed E-state index contributed by atoms with van der Waals surface area (Å²) in [7, 11) is 0. The minimum absolute atomic E-state index is 0.348. The number of carboxylic acid groups (broad SMARTS) is 1. The van der Waals surface area contributed by atoms with Crippen molar-refractivity contribution >= 4 is 5.97 Å². The molecule has 0 radical (unpaired) electrons. The largest absolute Gasteiger partial charge is 0.481 e. The second-order valence-corrected chi connectivity index (χ2v) is 3.66. The van der Waals surface area contributed by atoms with Crippen molar-refractivity contribution in [3.63, 3.8) is 0 Å². The molecule has 0 amide bonds. The van der Waals surface area contributed by atoms with E-state index in [1.54, 1.807) is 6.08 Å². The maximum atomic E-state index is 12.7. The van der Waals surface area contributed by atoms with E-state index in [-0.39, 0.29) is 5.82 Å². The molecule has 0 heterocycles. The lowest BCUT2D eigenvalue weighted by molar-refractivity contribution is -0.139. The van der Waals surface area contributed by atoms with Gasteiger partial charge in [-0.25, -0.2) is 4.39 Å². The monoisotopic (exact) mass is 222 g/mol. The summed E-state index contributed by atoms with van der Waals surface area (Å²) >= 11 is 0. The highest BCUT2D eigenvalue weighted by atomic mass is 19.1. The van der Waals surface area contributed by atoms with Crippen LogP contribution in [0.1, 0.15) is 30.7 Å². The average Bonchev–Trinajstić information content (AvgIpc) is 2.26. The molecule has 0 bridgehead atoms. The molecule has 1 atom stereocenters. The van der Waals surface area contributed by atoms with Crippen LogP contribution < -0.4 is 0 Å². The van der Waals surface area contributed by atoms with Gasteiger partial charge in [-0.05, 0) is 37.0 Å². The molecule has 0 saturated carbocycles. The predicted molar refractivity (Wildman–Crippen MR) is 60.8 cm³/mol. The number of allylic oxidation sites excluding steroid dienone is 1. The Labute approximate surface area is 94.4 Å². The number of benzene rings is 1. The molecule has 2 nitrogen and oxygen atoms in total. The maximum absolute atomic E-state index is 12.7. The Morgan fingerprint density at radius 3 is 2.56 bits per heavy atom. The molecule has 1 aromatic carbocycles. The van der Waals surface area contributed by atoms with Crippen molar-refractivity contribution in [1.82, 2.24) is 0 Å². The maximum Gasteiger partial charge on any atom is 0.310 e. The number of unbranched alkanes of at least 4 members (excludes halogenated alkanes) is 1. The van der Waals surface area contributed by atoms with E-state index in [9.17, 15) is 9.18 Å². The van der Waals surface area contributed by atoms with Gasteiger partial charge in [-0.15, -0.1) is 6.58 Å². The van der Waals surface area contributed by atoms with Crippen LogP contribution in [0.2, 0.25) is 0 Å². The Hall–Kier alpha value is -1.64. The standard InChI is InChI=1S/C13H15FO2/c1-2-3-4-5-12(13(15)16)10-6-8-11(14)9-7-10/h2,6-9,12H,1,3-5H2,(H,15,16). The highest BCUT2D eigenvalue weighted by molar-refractivity contribution is 5.75. The summed E-state index contributed by atoms with van der Waals surface area (Å²) in [4.78, 5) is 11.1. The molecular formula is C13H15FO2. The van der Waals surface area contributed by atoms with E-state index >= 15 is 0 Å². The minimum atomic E-state index is -0.865. The average molecular weight is 222 g/mol. The van der Waals surface area contributed by atoms with Gasteiger partial charge < -0.3 is 5.11 Å². The third-order valence-corrected chi connectivity index (χ3v) is 2.47. The first-order chi connectivity index (χ1) is 7.65. The molecule has 0 aliphatic carbocycles. The molecule has 16 heavy (non-hydrogen) atoms. The summed E-state index contributed by atoms with van der Waals surface area (Å²) in [5, 5.41) is 9.08. The van der Waals surface area contributed by atoms with Crippen molar-refractivity contribution in [1.29, 1.82) is 0 Å². The number of aliphatic carboxylic acids is 1. The first-order valence-corrected chi connectivity index (χ1v) is 5.24. The first-order valence-electron chi connectivity index (χ1n) is 5.24. The third kappa shape index (κ3) is 3.50. The molecule has 1 unspecified atom stereocenters. The fraction of sp³-hybridized carbons (Fsp3) is 0.308. The first kappa shape index (κ1) is 12.4. The lowest BCUT2D eigenvalue weighted by Crippen LogP contribution is -2.11. The number of rotatable bonds is 6. The van der Waals surface area contributed by atoms with Gasteiger partial charge in [-0.1, -0.05) is 18.2 Å². The lowest BCUT2D eigenvalue weighted by Gasteiger charge is -2.11. The molecule has 0 saturated heterocycles. The molecular weight excluding hydrogens is 207 g/mol. The Kier molecular flexibility index (Phi) is 4.70. The Balaban J connectivity index is 2.73. The molecule has 1 aromatic rings. The summed E-state index contributed by atoms with van der Waals surface area (Å²) in [5.41, 5.74) is 0.651. The quantitative estimate of drug-likeness (QED) is 0.592. The van der Waals surface area contributed by atoms with Gasteiger partial charge >= 0.3 is 5.97 Å². The van der Waals surface area contributed by atoms with Gasteiger partial charge in [0.1, 0.15) is 5.82 Å². The number of halogens is 1. The SMILES string of the molecule is C=CCCCC(C(=O)O)c1ccc(F)cc1. The molecule has 0 aliphatic rings. The molecule has 0 spiro atoms. The summed E-state index contributed by atoms with van der Waals surface area (Å²) in [5.74, 6) is -1.77. The van der Waals surface area contributed by atoms with Crippen molar-refractivity contribution < 1.29 is 14.3 Å². The second kappa shape index (κ2) is 6.05. The van der Waals surface area contributed by atoms with Gasteiger partial charge in [-0.2, -0.15) is 0 Å². The normalized spacial score (nSPS) is 12.1. The Morgan fingerprint density at radius 2 is 2.06 bits per heavy atom. The molecule has 0 aromatic heterocycles. The van der Waals surface area contributed by atoms with Gasteiger partial charge in [0.05, 0.1) is 5.92 Å². The van der Waals surface area contributed by atoms with Crippen LogP contribution in [0.5, 0.6) is 0 Å². The summed E-state index contributed by atoms with van der Waals surface area (Å²) in [6.07, 6.45) is 3.89. The van der Waals surface area contributed by atoms with E-state index in [1.807, 2.05) is 0 Å². The van der Waals surface area contributed by atoms with E-state index in [1.165, 1.54) is 24.3 Å². The number of carbonyl (C=O) groups is 1. The zero-order chi connectivity index (χ0) is 12.0. The van der Waals surface area contributed by atoms with Crippen LogP contribution in [0.3, 0.4) is 0 Å². The molecule has 3 heteroatoms. The van der Waals surface area contributed by atoms with E-state index in [0.29, 0.717) is 12.0 Å². The fourth-order valence-corrected chi connectivity index (χ4v) is 1.59. The van der Waals surface area contributed by atoms with Gasteiger partial charge in [0.2, 0.25) is 0 Å². The minimum Gasteiger partial charge on any atom is -0.481 e. The van der Waals surface area contributed by atoms with Crippen LogP contribution in [0.4, 0.5) is 4.39 Å². The zero-order valence-corrected chi connectivity index (χ0v) is 9.03. The lowest BCUT2D eigenvalue weighted by atomic mass is 9.93. The van der Waals surface area contributed by atoms with Crippen LogP contribution in [0.25, 0.3) is 0 Å². The zero-order valence-electron chi connectivity index (χ0n) is 9.03. The van der Waals surface area contributed by atoms with Crippen molar-refractivity contribution in [2.45, 2.75) is 25.2 Å². The summed E-state index contributed by atoms with van der Waals surface area (Å²) < 4.78 is 12.7. The highest BCUT2D eigenvalue weighted by Crippen LogP contribution is 2.22. The van der Waals surface area contributed by atoms with Crippen molar-refractivity contribution in [2.24, 2.45) is 0 Å². The molecule has 1 rings (SSSR count). The second-order valence-electron chi connectivity index (χ2n) is 3.66. The van der Waals surface area contributed by atoms with Crippen LogP contribution in [0.15, 0.2) is 36.9 Å². The molecule has 1 N–H and O–H groups in total. The van der Waals surface area contributed by atoms with Gasteiger partial charge in [0.25, 0.3) is 0 Å². The number of carboxylic acids is 1. The van der Waals surface area contributed by atoms with E-state index in [2.05, 4.69) is 6.58 Å². The van der Waals surface area contributed by atoms with Crippen molar-refractivity contribution in [2.75, 3.05) is 0 Å². The van der Waals surface area contributed by atoms with E-state index in [0.717, 1.165) is 12.8 Å². The summed E-state index contributed by atoms with van der Waals surface area (Å²) in [6.45, 7) is 3.59. The third-order valence-electron chi connectivity index (χ3n) is 2.47. The van der Waals surface area contributed by atoms with Crippen LogP contribution in [-0.4, -0.2) is 11.1 Å². The summed E-state index contributed by atoms with van der Waals surface area (Å²) in [6, 6.07) is 5.64. The van der Waals surface area contributed by atoms with Gasteiger partial charge in [0, 0.05) is 0 Å². The Bertz CT molecular complexity index is 357. The van der Waals surface area contributed by atoms with Gasteiger partial charge in [-0.3, -0.25) is 4.79 Å². The smallest absolute Gasteiger partial charge is 0.310 e. The van der Waals surface area contributed by atoms with E-state index in [4.69, 9.17) is 5.11 Å². The predicted octanol–water partition coefficient (Wildman–Crippen LogP) is 3.35. The molecule has 86 valence electrons. The fourth-order valence-electron chi connectivity index (χ4n) is 1.59. The number of hydrogen-bond donors (Lipinski definition) is 1. The molecule has 0 aliphatic heterocycles.